The normalized spacial score (nSPS) is 22.2. The molecular weight excluding hydrogens is 369 g/mol. The van der Waals surface area contributed by atoms with E-state index in [-0.39, 0.29) is 12.1 Å². The monoisotopic (exact) mass is 394 g/mol. The van der Waals surface area contributed by atoms with Crippen molar-refractivity contribution in [2.45, 2.75) is 44.2 Å². The molecule has 3 rings (SSSR count). The Bertz CT molecular complexity index is 748. The van der Waals surface area contributed by atoms with E-state index in [1.54, 1.807) is 7.11 Å². The zero-order valence-electron chi connectivity index (χ0n) is 15.9. The second-order valence-electron chi connectivity index (χ2n) is 7.08. The molecule has 2 aromatic carbocycles. The molecule has 2 aromatic rings. The van der Waals surface area contributed by atoms with Gasteiger partial charge in [0.1, 0.15) is 18.1 Å². The van der Waals surface area contributed by atoms with Gasteiger partial charge in [-0.05, 0) is 55.3 Å². The first-order valence-corrected chi connectivity index (χ1v) is 9.27. The molecule has 7 heteroatoms. The highest BCUT2D eigenvalue weighted by molar-refractivity contribution is 5.29. The van der Waals surface area contributed by atoms with Crippen LogP contribution in [0.5, 0.6) is 11.5 Å². The molecule has 0 aliphatic carbocycles. The molecule has 0 amide bonds. The van der Waals surface area contributed by atoms with Crippen LogP contribution in [0.25, 0.3) is 0 Å². The lowest BCUT2D eigenvalue weighted by molar-refractivity contribution is -0.137. The van der Waals surface area contributed by atoms with Gasteiger partial charge in [-0.1, -0.05) is 12.1 Å². The number of methoxy groups -OCH3 is 1. The van der Waals surface area contributed by atoms with Crippen molar-refractivity contribution < 1.29 is 22.6 Å². The fourth-order valence-electron chi connectivity index (χ4n) is 3.40. The van der Waals surface area contributed by atoms with E-state index in [2.05, 4.69) is 17.6 Å². The van der Waals surface area contributed by atoms with Gasteiger partial charge in [0.15, 0.2) is 0 Å². The topological polar surface area (TPSA) is 42.5 Å². The Labute approximate surface area is 163 Å². The highest BCUT2D eigenvalue weighted by atomic mass is 19.4. The van der Waals surface area contributed by atoms with Gasteiger partial charge in [0.2, 0.25) is 0 Å². The number of rotatable bonds is 7. The van der Waals surface area contributed by atoms with Gasteiger partial charge in [-0.3, -0.25) is 0 Å². The van der Waals surface area contributed by atoms with Crippen molar-refractivity contribution in [3.63, 3.8) is 0 Å². The number of hydrogen-bond donors (Lipinski definition) is 2. The Morgan fingerprint density at radius 1 is 1.04 bits per heavy atom. The summed E-state index contributed by atoms with van der Waals surface area (Å²) in [4.78, 5) is 0. The first kappa shape index (κ1) is 20.5. The predicted octanol–water partition coefficient (Wildman–Crippen LogP) is 4.00. The maximum atomic E-state index is 12.6. The second-order valence-corrected chi connectivity index (χ2v) is 7.08. The molecule has 0 saturated carbocycles. The van der Waals surface area contributed by atoms with E-state index in [0.29, 0.717) is 18.4 Å². The van der Waals surface area contributed by atoms with Gasteiger partial charge < -0.3 is 20.1 Å². The first-order valence-electron chi connectivity index (χ1n) is 9.27. The summed E-state index contributed by atoms with van der Waals surface area (Å²) >= 11 is 0. The molecule has 0 aromatic heterocycles. The van der Waals surface area contributed by atoms with Crippen LogP contribution in [-0.2, 0) is 12.7 Å². The molecule has 1 saturated heterocycles. The van der Waals surface area contributed by atoms with Crippen LogP contribution in [-0.4, -0.2) is 31.8 Å². The van der Waals surface area contributed by atoms with Crippen LogP contribution in [0.2, 0.25) is 0 Å². The van der Waals surface area contributed by atoms with Crippen molar-refractivity contribution in [3.05, 3.63) is 59.7 Å². The average molecular weight is 394 g/mol. The van der Waals surface area contributed by atoms with Gasteiger partial charge >= 0.3 is 6.18 Å². The quantitative estimate of drug-likeness (QED) is 0.745. The molecule has 0 spiro atoms. The lowest BCUT2D eigenvalue weighted by Gasteiger charge is -2.21. The summed E-state index contributed by atoms with van der Waals surface area (Å²) < 4.78 is 48.8. The van der Waals surface area contributed by atoms with Crippen LogP contribution in [0.4, 0.5) is 13.2 Å². The Hall–Kier alpha value is -2.25. The van der Waals surface area contributed by atoms with Crippen LogP contribution in [0, 0.1) is 0 Å². The van der Waals surface area contributed by atoms with E-state index in [0.717, 1.165) is 36.4 Å². The van der Waals surface area contributed by atoms with Crippen LogP contribution in [0.1, 0.15) is 24.5 Å². The number of hydrogen-bond acceptors (Lipinski definition) is 4. The standard InChI is InChI=1S/C21H25F3N2O2/c1-14-11-19(25-12-15-3-7-17(27-2)8-4-15)20(26-14)13-28-18-9-5-16(6-10-18)21(22,23)24/h3-10,14,19-20,25-26H,11-13H2,1-2H3/t14-,19+,20+/m1/s1. The fraction of sp³-hybridized carbons (Fsp3) is 0.429. The van der Waals surface area contributed by atoms with E-state index in [9.17, 15) is 13.2 Å². The van der Waals surface area contributed by atoms with Gasteiger partial charge in [0, 0.05) is 18.6 Å². The molecule has 1 fully saturated rings. The summed E-state index contributed by atoms with van der Waals surface area (Å²) in [5.41, 5.74) is 0.481. The molecule has 1 aliphatic heterocycles. The molecule has 1 aliphatic rings. The minimum atomic E-state index is -4.34. The summed E-state index contributed by atoms with van der Waals surface area (Å²) in [6.45, 7) is 3.22. The van der Waals surface area contributed by atoms with E-state index in [1.165, 1.54) is 12.1 Å². The Morgan fingerprint density at radius 3 is 2.29 bits per heavy atom. The Balaban J connectivity index is 1.53. The van der Waals surface area contributed by atoms with Gasteiger partial charge in [0.05, 0.1) is 18.7 Å². The van der Waals surface area contributed by atoms with Gasteiger partial charge in [-0.2, -0.15) is 13.2 Å². The SMILES string of the molecule is COc1ccc(CN[C@H]2C[C@@H](C)N[C@H]2COc2ccc(C(F)(F)F)cc2)cc1. The fourth-order valence-corrected chi connectivity index (χ4v) is 3.40. The molecule has 28 heavy (non-hydrogen) atoms. The lowest BCUT2D eigenvalue weighted by Crippen LogP contribution is -2.44. The van der Waals surface area contributed by atoms with Crippen LogP contribution in [0.3, 0.4) is 0 Å². The lowest BCUT2D eigenvalue weighted by atomic mass is 10.1. The molecule has 0 radical (unpaired) electrons. The van der Waals surface area contributed by atoms with Gasteiger partial charge in [0.25, 0.3) is 0 Å². The smallest absolute Gasteiger partial charge is 0.416 e. The van der Waals surface area contributed by atoms with Crippen molar-refractivity contribution in [2.24, 2.45) is 0 Å². The molecule has 1 heterocycles. The average Bonchev–Trinajstić information content (AvgIpc) is 3.04. The molecule has 0 unspecified atom stereocenters. The number of nitrogens with one attached hydrogen (secondary N) is 2. The zero-order valence-corrected chi connectivity index (χ0v) is 15.9. The third-order valence-corrected chi connectivity index (χ3v) is 4.93. The predicted molar refractivity (Wildman–Crippen MR) is 102 cm³/mol. The van der Waals surface area contributed by atoms with Gasteiger partial charge in [-0.15, -0.1) is 0 Å². The maximum Gasteiger partial charge on any atom is 0.416 e. The van der Waals surface area contributed by atoms with Crippen LogP contribution >= 0.6 is 0 Å². The summed E-state index contributed by atoms with van der Waals surface area (Å²) in [7, 11) is 1.64. The number of benzene rings is 2. The summed E-state index contributed by atoms with van der Waals surface area (Å²) in [6, 6.07) is 13.3. The minimum Gasteiger partial charge on any atom is -0.497 e. The number of halogens is 3. The van der Waals surface area contributed by atoms with E-state index < -0.39 is 11.7 Å². The van der Waals surface area contributed by atoms with Crippen LogP contribution < -0.4 is 20.1 Å². The Kier molecular flexibility index (Phi) is 6.46. The Morgan fingerprint density at radius 2 is 1.68 bits per heavy atom. The molecule has 3 atom stereocenters. The van der Waals surface area contributed by atoms with Crippen molar-refractivity contribution in [3.8, 4) is 11.5 Å². The highest BCUT2D eigenvalue weighted by Gasteiger charge is 2.32. The van der Waals surface area contributed by atoms with Crippen molar-refractivity contribution in [2.75, 3.05) is 13.7 Å². The van der Waals surface area contributed by atoms with Crippen molar-refractivity contribution in [1.29, 1.82) is 0 Å². The maximum absolute atomic E-state index is 12.6. The highest BCUT2D eigenvalue weighted by Crippen LogP contribution is 2.30. The third-order valence-electron chi connectivity index (χ3n) is 4.93. The molecule has 0 bridgehead atoms. The molecular formula is C21H25F3N2O2. The largest absolute Gasteiger partial charge is 0.497 e. The molecule has 2 N–H and O–H groups in total. The zero-order chi connectivity index (χ0) is 20.1. The third kappa shape index (κ3) is 5.39. The summed E-state index contributed by atoms with van der Waals surface area (Å²) in [5, 5.41) is 7.03. The first-order chi connectivity index (χ1) is 13.3. The van der Waals surface area contributed by atoms with E-state index >= 15 is 0 Å². The molecule has 4 nitrogen and oxygen atoms in total. The summed E-state index contributed by atoms with van der Waals surface area (Å²) in [5.74, 6) is 1.26. The van der Waals surface area contributed by atoms with E-state index in [4.69, 9.17) is 9.47 Å². The van der Waals surface area contributed by atoms with Crippen molar-refractivity contribution >= 4 is 0 Å². The number of alkyl halides is 3. The molecule has 152 valence electrons. The summed E-state index contributed by atoms with van der Waals surface area (Å²) in [6.07, 6.45) is -3.38. The van der Waals surface area contributed by atoms with Crippen molar-refractivity contribution in [1.82, 2.24) is 10.6 Å². The number of ether oxygens (including phenoxy) is 2. The minimum absolute atomic E-state index is 0.0792. The van der Waals surface area contributed by atoms with Crippen LogP contribution in [0.15, 0.2) is 48.5 Å². The van der Waals surface area contributed by atoms with E-state index in [1.807, 2.05) is 24.3 Å². The second kappa shape index (κ2) is 8.84. The van der Waals surface area contributed by atoms with Gasteiger partial charge in [-0.25, -0.2) is 0 Å².